The lowest BCUT2D eigenvalue weighted by Gasteiger charge is -2.20. The van der Waals surface area contributed by atoms with Gasteiger partial charge in [-0.3, -0.25) is 0 Å². The minimum Gasteiger partial charge on any atom is -0.454 e. The molecule has 1 aliphatic heterocycles. The van der Waals surface area contributed by atoms with Crippen LogP contribution in [0.5, 0.6) is 11.5 Å². The lowest BCUT2D eigenvalue weighted by Crippen LogP contribution is -2.36. The van der Waals surface area contributed by atoms with Crippen molar-refractivity contribution in [2.24, 2.45) is 5.92 Å². The number of nitrogen functional groups attached to an aromatic ring is 1. The number of aromatic amines is 1. The third-order valence-corrected chi connectivity index (χ3v) is 7.53. The van der Waals surface area contributed by atoms with Crippen LogP contribution in [0.3, 0.4) is 0 Å². The average Bonchev–Trinajstić information content (AvgIpc) is 3.36. The van der Waals surface area contributed by atoms with Crippen molar-refractivity contribution in [2.75, 3.05) is 12.5 Å². The van der Waals surface area contributed by atoms with E-state index in [0.717, 1.165) is 56.1 Å². The molecule has 5 rings (SSSR count). The lowest BCUT2D eigenvalue weighted by atomic mass is 9.87. The predicted octanol–water partition coefficient (Wildman–Crippen LogP) is 4.44. The van der Waals surface area contributed by atoms with Gasteiger partial charge in [0, 0.05) is 9.37 Å². The van der Waals surface area contributed by atoms with E-state index in [4.69, 9.17) is 20.2 Å². The summed E-state index contributed by atoms with van der Waals surface area (Å²) in [5.41, 5.74) is 7.77. The average molecular weight is 477 g/mol. The van der Waals surface area contributed by atoms with Crippen molar-refractivity contribution in [2.45, 2.75) is 55.1 Å². The summed E-state index contributed by atoms with van der Waals surface area (Å²) in [6, 6.07) is 3.89. The first-order valence-electron chi connectivity index (χ1n) is 9.98. The maximum atomic E-state index is 6.12. The van der Waals surface area contributed by atoms with Gasteiger partial charge in [0.25, 0.3) is 5.65 Å². The second kappa shape index (κ2) is 8.02. The van der Waals surface area contributed by atoms with Crippen LogP contribution in [-0.2, 0) is 6.54 Å². The molecule has 3 aromatic rings. The number of rotatable bonds is 5. The Labute approximate surface area is 181 Å². The van der Waals surface area contributed by atoms with Crippen molar-refractivity contribution in [1.29, 1.82) is 0 Å². The number of hydrogen-bond acceptors (Lipinski definition) is 6. The summed E-state index contributed by atoms with van der Waals surface area (Å²) in [5, 5.41) is 0.769. The summed E-state index contributed by atoms with van der Waals surface area (Å²) >= 11 is 5.13. The van der Waals surface area contributed by atoms with Crippen LogP contribution in [0.2, 0.25) is 0 Å². The Kier molecular flexibility index (Phi) is 5.26. The topological polar surface area (TPSA) is 89.9 Å². The van der Waals surface area contributed by atoms with Gasteiger partial charge in [-0.1, -0.05) is 42.1 Å². The fourth-order valence-corrected chi connectivity index (χ4v) is 5.45. The van der Waals surface area contributed by atoms with Gasteiger partial charge in [-0.15, -0.1) is 0 Å². The van der Waals surface area contributed by atoms with Crippen molar-refractivity contribution < 1.29 is 14.0 Å². The number of benzene rings is 1. The highest BCUT2D eigenvalue weighted by molar-refractivity contribution is 9.10. The summed E-state index contributed by atoms with van der Waals surface area (Å²) in [4.78, 5) is 13.5. The molecule has 2 aliphatic rings. The van der Waals surface area contributed by atoms with Gasteiger partial charge in [0.1, 0.15) is 0 Å². The van der Waals surface area contributed by atoms with E-state index in [1.54, 1.807) is 0 Å². The molecular formula is C20H23BrN5O2S+. The number of ether oxygens (including phenoxy) is 2. The lowest BCUT2D eigenvalue weighted by molar-refractivity contribution is -0.677. The van der Waals surface area contributed by atoms with Crippen LogP contribution in [0.1, 0.15) is 38.5 Å². The van der Waals surface area contributed by atoms with Crippen molar-refractivity contribution in [1.82, 2.24) is 15.0 Å². The number of halogens is 1. The molecule has 0 bridgehead atoms. The highest BCUT2D eigenvalue weighted by Gasteiger charge is 2.23. The predicted molar refractivity (Wildman–Crippen MR) is 114 cm³/mol. The minimum atomic E-state index is 0.254. The summed E-state index contributed by atoms with van der Waals surface area (Å²) in [7, 11) is 0. The molecular weight excluding hydrogens is 454 g/mol. The molecule has 1 aliphatic carbocycles. The van der Waals surface area contributed by atoms with Gasteiger partial charge >= 0.3 is 0 Å². The number of fused-ring (bicyclic) bond motifs is 2. The van der Waals surface area contributed by atoms with Gasteiger partial charge in [-0.05, 0) is 52.2 Å². The number of nitrogens with one attached hydrogen (secondary N) is 1. The van der Waals surface area contributed by atoms with Crippen LogP contribution in [-0.4, -0.2) is 21.7 Å². The highest BCUT2D eigenvalue weighted by Crippen LogP contribution is 2.42. The molecule has 0 spiro atoms. The molecule has 0 atom stereocenters. The number of nitrogens with two attached hydrogens (primary N) is 1. The monoisotopic (exact) mass is 476 g/mol. The fourth-order valence-electron chi connectivity index (χ4n) is 4.07. The maximum absolute atomic E-state index is 6.12. The quantitative estimate of drug-likeness (QED) is 0.528. The molecule has 0 amide bonds. The number of imidazole rings is 1. The van der Waals surface area contributed by atoms with E-state index in [0.29, 0.717) is 5.82 Å². The van der Waals surface area contributed by atoms with E-state index in [1.165, 1.54) is 43.9 Å². The fraction of sp³-hybridized carbons (Fsp3) is 0.450. The third-order valence-electron chi connectivity index (χ3n) is 5.66. The molecule has 29 heavy (non-hydrogen) atoms. The molecule has 152 valence electrons. The number of aromatic nitrogens is 4. The Hall–Kier alpha value is -2.00. The maximum Gasteiger partial charge on any atom is 0.294 e. The number of hydrogen-bond donors (Lipinski definition) is 2. The normalized spacial score (nSPS) is 16.6. The molecule has 0 saturated heterocycles. The van der Waals surface area contributed by atoms with Gasteiger partial charge in [-0.25, -0.2) is 4.57 Å². The molecule has 0 unspecified atom stereocenters. The SMILES string of the molecule is Nc1nc[n+](CCC2CCCCC2)c2nc(Sc3cc4c(cc3Br)OCO4)[nH]c12. The Morgan fingerprint density at radius 2 is 2.00 bits per heavy atom. The van der Waals surface area contributed by atoms with Crippen LogP contribution in [0.15, 0.2) is 33.0 Å². The van der Waals surface area contributed by atoms with Crippen molar-refractivity contribution in [3.63, 3.8) is 0 Å². The number of nitrogens with zero attached hydrogens (tertiary/aromatic N) is 3. The highest BCUT2D eigenvalue weighted by atomic mass is 79.9. The van der Waals surface area contributed by atoms with Gasteiger partial charge in [0.2, 0.25) is 24.1 Å². The summed E-state index contributed by atoms with van der Waals surface area (Å²) in [6.07, 6.45) is 9.75. The number of anilines is 1. The van der Waals surface area contributed by atoms with Crippen LogP contribution < -0.4 is 19.8 Å². The summed E-state index contributed by atoms with van der Waals surface area (Å²) in [5.74, 6) is 2.77. The Morgan fingerprint density at radius 1 is 1.21 bits per heavy atom. The largest absolute Gasteiger partial charge is 0.454 e. The van der Waals surface area contributed by atoms with Crippen LogP contribution in [0, 0.1) is 5.92 Å². The zero-order valence-corrected chi connectivity index (χ0v) is 18.4. The summed E-state index contributed by atoms with van der Waals surface area (Å²) in [6.45, 7) is 1.17. The van der Waals surface area contributed by atoms with Gasteiger partial charge in [-0.2, -0.15) is 0 Å². The van der Waals surface area contributed by atoms with Crippen molar-refractivity contribution in [3.8, 4) is 11.5 Å². The van der Waals surface area contributed by atoms with Gasteiger partial charge in [0.05, 0.1) is 6.54 Å². The Balaban J connectivity index is 1.40. The molecule has 0 radical (unpaired) electrons. The Bertz CT molecular complexity index is 1050. The van der Waals surface area contributed by atoms with Crippen LogP contribution >= 0.6 is 27.7 Å². The first-order chi connectivity index (χ1) is 14.2. The molecule has 1 aromatic carbocycles. The molecule has 7 nitrogen and oxygen atoms in total. The zero-order valence-electron chi connectivity index (χ0n) is 16.0. The van der Waals surface area contributed by atoms with Crippen molar-refractivity contribution in [3.05, 3.63) is 22.9 Å². The summed E-state index contributed by atoms with van der Waals surface area (Å²) < 4.78 is 14.0. The number of aryl methyl sites for hydroxylation is 1. The molecule has 1 fully saturated rings. The van der Waals surface area contributed by atoms with E-state index in [-0.39, 0.29) is 6.79 Å². The van der Waals surface area contributed by atoms with E-state index < -0.39 is 0 Å². The van der Waals surface area contributed by atoms with E-state index >= 15 is 0 Å². The molecule has 1 saturated carbocycles. The minimum absolute atomic E-state index is 0.254. The molecule has 2 aromatic heterocycles. The first kappa shape index (κ1) is 19.0. The van der Waals surface area contributed by atoms with Gasteiger partial charge < -0.3 is 20.2 Å². The zero-order chi connectivity index (χ0) is 19.8. The number of H-pyrrole nitrogens is 1. The van der Waals surface area contributed by atoms with E-state index in [2.05, 4.69) is 30.5 Å². The smallest absolute Gasteiger partial charge is 0.294 e. The second-order valence-electron chi connectivity index (χ2n) is 7.59. The second-order valence-corrected chi connectivity index (χ2v) is 9.48. The standard InChI is InChI=1S/C20H22BrN5O2S/c21-13-8-14-15(28-11-27-14)9-16(13)29-20-24-17-18(22)23-10-26(19(17)25-20)7-6-12-4-2-1-3-5-12/h8-10,12H,1-7,11H2,(H2,22,24,25)/p+1. The van der Waals surface area contributed by atoms with Crippen LogP contribution in [0.25, 0.3) is 11.2 Å². The van der Waals surface area contributed by atoms with E-state index in [9.17, 15) is 0 Å². The first-order valence-corrected chi connectivity index (χ1v) is 11.6. The molecule has 3 heterocycles. The van der Waals surface area contributed by atoms with Crippen molar-refractivity contribution >= 4 is 44.7 Å². The molecule has 9 heteroatoms. The molecule has 3 N–H and O–H groups in total. The Morgan fingerprint density at radius 3 is 2.83 bits per heavy atom. The van der Waals surface area contributed by atoms with E-state index in [1.807, 2.05) is 18.5 Å². The third kappa shape index (κ3) is 3.90. The van der Waals surface area contributed by atoms with Gasteiger partial charge in [0.15, 0.2) is 17.0 Å². The van der Waals surface area contributed by atoms with Crippen LogP contribution in [0.4, 0.5) is 5.82 Å².